The molecule has 4 heterocycles. The summed E-state index contributed by atoms with van der Waals surface area (Å²) < 4.78 is 5.98. The maximum Gasteiger partial charge on any atom is 0.274 e. The number of hydrogen-bond acceptors (Lipinski definition) is 5. The lowest BCUT2D eigenvalue weighted by atomic mass is 10.1. The summed E-state index contributed by atoms with van der Waals surface area (Å²) in [7, 11) is 0. The molecule has 1 fully saturated rings. The lowest BCUT2D eigenvalue weighted by Gasteiger charge is -2.31. The molecule has 0 aromatic carbocycles. The average molecular weight is 368 g/mol. The molecular weight excluding hydrogens is 348 g/mol. The van der Waals surface area contributed by atoms with Crippen LogP contribution in [0.2, 0.25) is 0 Å². The van der Waals surface area contributed by atoms with E-state index in [1.165, 1.54) is 0 Å². The number of aromatic amines is 1. The van der Waals surface area contributed by atoms with E-state index in [0.29, 0.717) is 18.8 Å². The minimum absolute atomic E-state index is 0.0282. The minimum atomic E-state index is -0.0282. The molecule has 7 heteroatoms. The number of piperidine rings is 1. The number of H-pyrrole nitrogens is 1. The van der Waals surface area contributed by atoms with Crippen LogP contribution >= 0.6 is 11.3 Å². The predicted octanol–water partition coefficient (Wildman–Crippen LogP) is 3.53. The van der Waals surface area contributed by atoms with Gasteiger partial charge in [0.05, 0.1) is 16.8 Å². The van der Waals surface area contributed by atoms with Crippen LogP contribution in [-0.4, -0.2) is 45.2 Å². The van der Waals surface area contributed by atoms with Gasteiger partial charge in [-0.3, -0.25) is 14.9 Å². The number of aromatic nitrogens is 3. The van der Waals surface area contributed by atoms with Gasteiger partial charge in [0.2, 0.25) is 0 Å². The second kappa shape index (κ2) is 7.29. The number of carbonyl (C=O) groups is 1. The first-order valence-electron chi connectivity index (χ1n) is 8.67. The Morgan fingerprint density at radius 1 is 1.31 bits per heavy atom. The topological polar surface area (TPSA) is 71.1 Å². The van der Waals surface area contributed by atoms with E-state index < -0.39 is 0 Å². The van der Waals surface area contributed by atoms with Crippen molar-refractivity contribution in [2.24, 2.45) is 0 Å². The number of amides is 1. The Balaban J connectivity index is 1.34. The number of likely N-dealkylation sites (tertiary alicyclic amines) is 1. The van der Waals surface area contributed by atoms with Crippen molar-refractivity contribution in [3.8, 4) is 16.3 Å². The maximum absolute atomic E-state index is 12.7. The Bertz CT molecular complexity index is 865. The van der Waals surface area contributed by atoms with E-state index in [-0.39, 0.29) is 12.0 Å². The summed E-state index contributed by atoms with van der Waals surface area (Å²) in [6.07, 6.45) is 3.48. The van der Waals surface area contributed by atoms with Crippen LogP contribution in [-0.2, 0) is 0 Å². The van der Waals surface area contributed by atoms with Gasteiger partial charge in [0.25, 0.3) is 5.91 Å². The Kier molecular flexibility index (Phi) is 4.71. The van der Waals surface area contributed by atoms with Gasteiger partial charge in [0.15, 0.2) is 5.69 Å². The summed E-state index contributed by atoms with van der Waals surface area (Å²) in [5.41, 5.74) is 2.32. The van der Waals surface area contributed by atoms with E-state index in [1.807, 2.05) is 47.5 Å². The lowest BCUT2D eigenvalue weighted by molar-refractivity contribution is 0.0589. The second-order valence-corrected chi connectivity index (χ2v) is 7.34. The van der Waals surface area contributed by atoms with Crippen molar-refractivity contribution < 1.29 is 9.53 Å². The Labute approximate surface area is 155 Å². The van der Waals surface area contributed by atoms with Crippen molar-refractivity contribution in [2.45, 2.75) is 25.9 Å². The molecule has 0 saturated carbocycles. The normalized spacial score (nSPS) is 15.2. The molecule has 0 radical (unpaired) electrons. The van der Waals surface area contributed by atoms with Gasteiger partial charge in [0.1, 0.15) is 11.9 Å². The molecule has 0 spiro atoms. The summed E-state index contributed by atoms with van der Waals surface area (Å²) in [5.74, 6) is 0.757. The van der Waals surface area contributed by atoms with Crippen LogP contribution in [0.25, 0.3) is 10.6 Å². The van der Waals surface area contributed by atoms with Crippen molar-refractivity contribution in [3.63, 3.8) is 0 Å². The third kappa shape index (κ3) is 3.62. The SMILES string of the molecule is Cc1ccc(OC2CCN(C(=O)c3cc(-c4cccs4)[nH]n3)CC2)cn1. The molecule has 0 bridgehead atoms. The number of nitrogens with one attached hydrogen (secondary N) is 1. The highest BCUT2D eigenvalue weighted by Crippen LogP contribution is 2.24. The highest BCUT2D eigenvalue weighted by Gasteiger charge is 2.26. The van der Waals surface area contributed by atoms with Gasteiger partial charge >= 0.3 is 0 Å². The number of carbonyl (C=O) groups excluding carboxylic acids is 1. The molecule has 1 N–H and O–H groups in total. The fraction of sp³-hybridized carbons (Fsp3) is 0.316. The minimum Gasteiger partial charge on any atom is -0.489 e. The Morgan fingerprint density at radius 3 is 2.85 bits per heavy atom. The summed E-state index contributed by atoms with van der Waals surface area (Å²) >= 11 is 1.62. The van der Waals surface area contributed by atoms with Crippen LogP contribution in [0.5, 0.6) is 5.75 Å². The Hall–Kier alpha value is -2.67. The number of rotatable bonds is 4. The van der Waals surface area contributed by atoms with Gasteiger partial charge < -0.3 is 9.64 Å². The van der Waals surface area contributed by atoms with E-state index in [1.54, 1.807) is 17.5 Å². The molecule has 6 nitrogen and oxygen atoms in total. The molecule has 1 aliphatic heterocycles. The van der Waals surface area contributed by atoms with Crippen molar-refractivity contribution in [2.75, 3.05) is 13.1 Å². The van der Waals surface area contributed by atoms with Crippen LogP contribution in [0, 0.1) is 6.92 Å². The van der Waals surface area contributed by atoms with E-state index in [4.69, 9.17) is 4.74 Å². The first kappa shape index (κ1) is 16.8. The smallest absolute Gasteiger partial charge is 0.274 e. The van der Waals surface area contributed by atoms with Gasteiger partial charge in [-0.1, -0.05) is 6.07 Å². The van der Waals surface area contributed by atoms with Gasteiger partial charge in [-0.25, -0.2) is 0 Å². The number of thiophene rings is 1. The molecule has 134 valence electrons. The second-order valence-electron chi connectivity index (χ2n) is 6.39. The highest BCUT2D eigenvalue weighted by molar-refractivity contribution is 7.13. The molecule has 1 aliphatic rings. The van der Waals surface area contributed by atoms with Gasteiger partial charge in [-0.05, 0) is 36.6 Å². The number of nitrogens with zero attached hydrogens (tertiary/aromatic N) is 3. The fourth-order valence-electron chi connectivity index (χ4n) is 3.04. The van der Waals surface area contributed by atoms with Crippen LogP contribution < -0.4 is 4.74 Å². The third-order valence-electron chi connectivity index (χ3n) is 4.50. The lowest BCUT2D eigenvalue weighted by Crippen LogP contribution is -2.41. The quantitative estimate of drug-likeness (QED) is 0.765. The molecule has 3 aromatic rings. The summed E-state index contributed by atoms with van der Waals surface area (Å²) in [6.45, 7) is 3.29. The summed E-state index contributed by atoms with van der Waals surface area (Å²) in [5, 5.41) is 9.15. The molecule has 26 heavy (non-hydrogen) atoms. The number of aryl methyl sites for hydroxylation is 1. The zero-order chi connectivity index (χ0) is 17.9. The van der Waals surface area contributed by atoms with E-state index in [2.05, 4.69) is 15.2 Å². The summed E-state index contributed by atoms with van der Waals surface area (Å²) in [4.78, 5) is 19.9. The zero-order valence-electron chi connectivity index (χ0n) is 14.5. The van der Waals surface area contributed by atoms with Gasteiger partial charge in [-0.2, -0.15) is 5.10 Å². The first-order valence-corrected chi connectivity index (χ1v) is 9.55. The van der Waals surface area contributed by atoms with Crippen molar-refractivity contribution in [1.82, 2.24) is 20.1 Å². The standard InChI is InChI=1S/C19H20N4O2S/c1-13-4-5-15(12-20-13)25-14-6-8-23(9-7-14)19(24)17-11-16(21-22-17)18-3-2-10-26-18/h2-5,10-12,14H,6-9H2,1H3,(H,21,22). The van der Waals surface area contributed by atoms with E-state index >= 15 is 0 Å². The molecule has 0 aliphatic carbocycles. The maximum atomic E-state index is 12.7. The average Bonchev–Trinajstić information content (AvgIpc) is 3.35. The summed E-state index contributed by atoms with van der Waals surface area (Å²) in [6, 6.07) is 9.70. The van der Waals surface area contributed by atoms with Gasteiger partial charge in [-0.15, -0.1) is 11.3 Å². The number of hydrogen-bond donors (Lipinski definition) is 1. The van der Waals surface area contributed by atoms with Gasteiger partial charge in [0, 0.05) is 31.6 Å². The van der Waals surface area contributed by atoms with Crippen molar-refractivity contribution in [1.29, 1.82) is 0 Å². The molecule has 3 aromatic heterocycles. The molecular formula is C19H20N4O2S. The zero-order valence-corrected chi connectivity index (χ0v) is 15.3. The molecule has 1 amide bonds. The molecule has 0 atom stereocenters. The van der Waals surface area contributed by atoms with Crippen molar-refractivity contribution >= 4 is 17.2 Å². The van der Waals surface area contributed by atoms with Crippen molar-refractivity contribution in [3.05, 3.63) is 53.3 Å². The molecule has 1 saturated heterocycles. The Morgan fingerprint density at radius 2 is 2.15 bits per heavy atom. The van der Waals surface area contributed by atoms with Crippen LogP contribution in [0.1, 0.15) is 29.0 Å². The number of pyridine rings is 1. The van der Waals surface area contributed by atoms with E-state index in [0.717, 1.165) is 34.9 Å². The first-order chi connectivity index (χ1) is 12.7. The monoisotopic (exact) mass is 368 g/mol. The van der Waals surface area contributed by atoms with Crippen LogP contribution in [0.15, 0.2) is 41.9 Å². The van der Waals surface area contributed by atoms with E-state index in [9.17, 15) is 4.79 Å². The predicted molar refractivity (Wildman–Crippen MR) is 100 cm³/mol. The highest BCUT2D eigenvalue weighted by atomic mass is 32.1. The van der Waals surface area contributed by atoms with Crippen LogP contribution in [0.4, 0.5) is 0 Å². The fourth-order valence-corrected chi connectivity index (χ4v) is 3.74. The molecule has 0 unspecified atom stereocenters. The van der Waals surface area contributed by atoms with Crippen LogP contribution in [0.3, 0.4) is 0 Å². The number of ether oxygens (including phenoxy) is 1. The largest absolute Gasteiger partial charge is 0.489 e. The third-order valence-corrected chi connectivity index (χ3v) is 5.40. The molecule has 4 rings (SSSR count).